The van der Waals surface area contributed by atoms with Gasteiger partial charge in [0.05, 0.1) is 5.03 Å². The van der Waals surface area contributed by atoms with Crippen LogP contribution in [0.5, 0.6) is 0 Å². The zero-order chi connectivity index (χ0) is 5.70. The van der Waals surface area contributed by atoms with Gasteiger partial charge in [-0.2, -0.15) is 0 Å². The summed E-state index contributed by atoms with van der Waals surface area (Å²) in [6.07, 6.45) is 1.97. The maximum absolute atomic E-state index is 9.64. The van der Waals surface area contributed by atoms with E-state index in [1.165, 1.54) is 6.08 Å². The Morgan fingerprint density at radius 1 is 1.71 bits per heavy atom. The molecule has 3 heteroatoms. The highest BCUT2D eigenvalue weighted by Gasteiger charge is 1.80. The number of carbonyl (C=O) groups excluding carboxylic acids is 1. The number of aldehydes is 1. The van der Waals surface area contributed by atoms with E-state index in [0.717, 1.165) is 0 Å². The van der Waals surface area contributed by atoms with Crippen LogP contribution in [0, 0.1) is 0 Å². The first-order chi connectivity index (χ1) is 3.31. The van der Waals surface area contributed by atoms with Gasteiger partial charge in [-0.25, -0.2) is 0 Å². The van der Waals surface area contributed by atoms with Crippen LogP contribution in [0.2, 0.25) is 0 Å². The van der Waals surface area contributed by atoms with E-state index in [9.17, 15) is 4.79 Å². The summed E-state index contributed by atoms with van der Waals surface area (Å²) < 4.78 is 0. The van der Waals surface area contributed by atoms with Crippen molar-refractivity contribution in [1.29, 1.82) is 0 Å². The van der Waals surface area contributed by atoms with Crippen LogP contribution in [0.1, 0.15) is 0 Å². The number of carbonyl (C=O) groups is 1. The van der Waals surface area contributed by atoms with Crippen LogP contribution in [-0.2, 0) is 4.79 Å². The van der Waals surface area contributed by atoms with Crippen LogP contribution in [0.4, 0.5) is 0 Å². The topological polar surface area (TPSA) is 17.1 Å². The normalized spacial score (nSPS) is 11.4. The quantitative estimate of drug-likeness (QED) is 0.322. The Kier molecular flexibility index (Phi) is 4.15. The zero-order valence-corrected chi connectivity index (χ0v) is 5.04. The molecule has 7 heavy (non-hydrogen) atoms. The predicted molar refractivity (Wildman–Crippen MR) is 30.7 cm³/mol. The summed E-state index contributed by atoms with van der Waals surface area (Å²) in [4.78, 5) is 9.64. The highest BCUT2D eigenvalue weighted by Crippen LogP contribution is 1.94. The number of hydrogen-bond acceptors (Lipinski definition) is 1. The zero-order valence-electron chi connectivity index (χ0n) is 3.53. The van der Waals surface area contributed by atoms with E-state index in [2.05, 4.69) is 0 Å². The molecular formula is C4H4Cl2O. The molecule has 0 aromatic heterocycles. The Bertz CT molecular complexity index is 87.7. The van der Waals surface area contributed by atoms with Crippen LogP contribution in [0.3, 0.4) is 0 Å². The molecule has 0 aliphatic rings. The van der Waals surface area contributed by atoms with Crippen molar-refractivity contribution in [2.45, 2.75) is 0 Å². The standard InChI is InChI=1S/C4H4Cl2O/c5-2-1-4(6)3-7/h1,3H,2H2/b4-1+. The molecule has 0 N–H and O–H groups in total. The van der Waals surface area contributed by atoms with Crippen molar-refractivity contribution in [2.75, 3.05) is 5.88 Å². The lowest BCUT2D eigenvalue weighted by molar-refractivity contribution is -0.104. The van der Waals surface area contributed by atoms with Gasteiger partial charge in [0.1, 0.15) is 0 Å². The van der Waals surface area contributed by atoms with Crippen LogP contribution >= 0.6 is 23.2 Å². The van der Waals surface area contributed by atoms with Gasteiger partial charge in [-0.15, -0.1) is 11.6 Å². The minimum Gasteiger partial charge on any atom is -0.297 e. The molecule has 0 fully saturated rings. The maximum Gasteiger partial charge on any atom is 0.161 e. The fraction of sp³-hybridized carbons (Fsp3) is 0.250. The monoisotopic (exact) mass is 138 g/mol. The van der Waals surface area contributed by atoms with Gasteiger partial charge in [-0.1, -0.05) is 11.6 Å². The third kappa shape index (κ3) is 3.83. The van der Waals surface area contributed by atoms with Gasteiger partial charge < -0.3 is 0 Å². The second kappa shape index (κ2) is 4.16. The number of alkyl halides is 1. The predicted octanol–water partition coefficient (Wildman–Crippen LogP) is 1.55. The Labute approximate surface area is 51.9 Å². The van der Waals surface area contributed by atoms with Crippen molar-refractivity contribution in [3.05, 3.63) is 11.1 Å². The summed E-state index contributed by atoms with van der Waals surface area (Å²) in [5.41, 5.74) is 0. The van der Waals surface area contributed by atoms with Gasteiger partial charge in [0, 0.05) is 5.88 Å². The molecule has 0 aliphatic heterocycles. The molecule has 0 rings (SSSR count). The molecule has 0 unspecified atom stereocenters. The van der Waals surface area contributed by atoms with E-state index in [1.807, 2.05) is 0 Å². The number of allylic oxidation sites excluding steroid dienone is 2. The fourth-order valence-corrected chi connectivity index (χ4v) is 0.444. The molecule has 0 heterocycles. The molecule has 0 saturated heterocycles. The molecule has 0 amide bonds. The van der Waals surface area contributed by atoms with E-state index in [1.54, 1.807) is 0 Å². The van der Waals surface area contributed by atoms with Crippen molar-refractivity contribution in [3.8, 4) is 0 Å². The largest absolute Gasteiger partial charge is 0.297 e. The molecule has 0 aromatic carbocycles. The van der Waals surface area contributed by atoms with Gasteiger partial charge in [-0.3, -0.25) is 4.79 Å². The first kappa shape index (κ1) is 6.99. The SMILES string of the molecule is O=C/C(Cl)=C\CCl. The fourth-order valence-electron chi connectivity index (χ4n) is 0.122. The molecule has 0 radical (unpaired) electrons. The van der Waals surface area contributed by atoms with Crippen LogP contribution < -0.4 is 0 Å². The molecular weight excluding hydrogens is 135 g/mol. The lowest BCUT2D eigenvalue weighted by Gasteiger charge is -1.75. The van der Waals surface area contributed by atoms with Crippen LogP contribution in [-0.4, -0.2) is 12.2 Å². The molecule has 1 nitrogen and oxygen atoms in total. The van der Waals surface area contributed by atoms with E-state index in [-0.39, 0.29) is 10.9 Å². The second-order valence-corrected chi connectivity index (χ2v) is 1.61. The minimum atomic E-state index is 0.162. The molecule has 0 aromatic rings. The van der Waals surface area contributed by atoms with Crippen molar-refractivity contribution < 1.29 is 4.79 Å². The van der Waals surface area contributed by atoms with Gasteiger partial charge in [0.15, 0.2) is 6.29 Å². The third-order valence-electron chi connectivity index (χ3n) is 0.385. The summed E-state index contributed by atoms with van der Waals surface area (Å²) in [6, 6.07) is 0. The van der Waals surface area contributed by atoms with Crippen molar-refractivity contribution >= 4 is 29.5 Å². The first-order valence-corrected chi connectivity index (χ1v) is 2.59. The van der Waals surface area contributed by atoms with Gasteiger partial charge in [0.2, 0.25) is 0 Å². The lowest BCUT2D eigenvalue weighted by atomic mass is 10.6. The summed E-state index contributed by atoms with van der Waals surface area (Å²) in [5, 5.41) is 0.162. The molecule has 0 spiro atoms. The Hall–Kier alpha value is -0.0100. The number of hydrogen-bond donors (Lipinski definition) is 0. The Balaban J connectivity index is 3.49. The van der Waals surface area contributed by atoms with E-state index in [4.69, 9.17) is 23.2 Å². The first-order valence-electron chi connectivity index (χ1n) is 1.68. The smallest absolute Gasteiger partial charge is 0.161 e. The Morgan fingerprint density at radius 3 is 2.43 bits per heavy atom. The summed E-state index contributed by atoms with van der Waals surface area (Å²) in [6.45, 7) is 0. The molecule has 0 bridgehead atoms. The highest BCUT2D eigenvalue weighted by atomic mass is 35.5. The molecule has 0 aliphatic carbocycles. The summed E-state index contributed by atoms with van der Waals surface area (Å²) >= 11 is 10.3. The van der Waals surface area contributed by atoms with E-state index < -0.39 is 0 Å². The summed E-state index contributed by atoms with van der Waals surface area (Å²) in [7, 11) is 0. The average molecular weight is 139 g/mol. The molecule has 0 saturated carbocycles. The maximum atomic E-state index is 9.64. The lowest BCUT2D eigenvalue weighted by Crippen LogP contribution is -1.70. The van der Waals surface area contributed by atoms with Crippen LogP contribution in [0.15, 0.2) is 11.1 Å². The van der Waals surface area contributed by atoms with Crippen molar-refractivity contribution in [3.63, 3.8) is 0 Å². The van der Waals surface area contributed by atoms with Crippen molar-refractivity contribution in [2.24, 2.45) is 0 Å². The average Bonchev–Trinajstić information content (AvgIpc) is 1.68. The van der Waals surface area contributed by atoms with Gasteiger partial charge >= 0.3 is 0 Å². The summed E-state index contributed by atoms with van der Waals surface area (Å²) in [5.74, 6) is 0.289. The van der Waals surface area contributed by atoms with Gasteiger partial charge in [-0.05, 0) is 6.08 Å². The van der Waals surface area contributed by atoms with Gasteiger partial charge in [0.25, 0.3) is 0 Å². The van der Waals surface area contributed by atoms with E-state index in [0.29, 0.717) is 6.29 Å². The second-order valence-electron chi connectivity index (χ2n) is 0.861. The highest BCUT2D eigenvalue weighted by molar-refractivity contribution is 6.39. The van der Waals surface area contributed by atoms with E-state index >= 15 is 0 Å². The Morgan fingerprint density at radius 2 is 2.29 bits per heavy atom. The third-order valence-corrected chi connectivity index (χ3v) is 0.782. The minimum absolute atomic E-state index is 0.162. The number of rotatable bonds is 2. The molecule has 0 atom stereocenters. The number of halogens is 2. The molecule has 40 valence electrons. The van der Waals surface area contributed by atoms with Crippen molar-refractivity contribution in [1.82, 2.24) is 0 Å². The van der Waals surface area contributed by atoms with Crippen LogP contribution in [0.25, 0.3) is 0 Å².